The Kier molecular flexibility index (Phi) is 6.84. The molecule has 0 aliphatic heterocycles. The third-order valence-corrected chi connectivity index (χ3v) is 6.03. The molecule has 0 aliphatic carbocycles. The van der Waals surface area contributed by atoms with Crippen LogP contribution in [0, 0.1) is 15.9 Å². The first-order valence-corrected chi connectivity index (χ1v) is 11.6. The van der Waals surface area contributed by atoms with E-state index in [2.05, 4.69) is 15.0 Å². The molecule has 0 saturated carbocycles. The minimum Gasteiger partial charge on any atom is -0.444 e. The zero-order valence-electron chi connectivity index (χ0n) is 20.0. The van der Waals surface area contributed by atoms with Crippen LogP contribution in [-0.4, -0.2) is 54.6 Å². The topological polar surface area (TPSA) is 126 Å². The van der Waals surface area contributed by atoms with Gasteiger partial charge < -0.3 is 18.9 Å². The number of thiophene rings is 1. The predicted molar refractivity (Wildman–Crippen MR) is 131 cm³/mol. The molecule has 0 atom stereocenters. The van der Waals surface area contributed by atoms with E-state index >= 15 is 0 Å². The Bertz CT molecular complexity index is 1430. The average Bonchev–Trinajstić information content (AvgIpc) is 3.45. The second-order valence-corrected chi connectivity index (χ2v) is 9.93. The number of imidazole rings is 1. The molecule has 4 aromatic rings. The van der Waals surface area contributed by atoms with Crippen LogP contribution in [0.25, 0.3) is 20.8 Å². The highest BCUT2D eigenvalue weighted by atomic mass is 32.1. The summed E-state index contributed by atoms with van der Waals surface area (Å²) in [6.07, 6.45) is 4.40. The van der Waals surface area contributed by atoms with Gasteiger partial charge in [-0.3, -0.25) is 10.1 Å². The Morgan fingerprint density at radius 2 is 2.03 bits per heavy atom. The summed E-state index contributed by atoms with van der Waals surface area (Å²) in [4.78, 5) is 37.4. The summed E-state index contributed by atoms with van der Waals surface area (Å²) < 4.78 is 27.7. The van der Waals surface area contributed by atoms with Crippen LogP contribution in [0.5, 0.6) is 11.6 Å². The largest absolute Gasteiger partial charge is 0.444 e. The lowest BCUT2D eigenvalue weighted by Crippen LogP contribution is -2.35. The molecule has 188 valence electrons. The number of hydrogen-bond donors (Lipinski definition) is 0. The summed E-state index contributed by atoms with van der Waals surface area (Å²) in [6, 6.07) is 4.95. The maximum absolute atomic E-state index is 14.3. The van der Waals surface area contributed by atoms with Gasteiger partial charge in [0.2, 0.25) is 5.88 Å². The SMILES string of the molecule is CN(CCn1cnc(-c2cc3ncnc(Oc4ccc([N+](=O)[O-])cc4F)c3s2)c1)C(=O)OC(C)(C)C. The Morgan fingerprint density at radius 1 is 1.25 bits per heavy atom. The van der Waals surface area contributed by atoms with Gasteiger partial charge in [-0.05, 0) is 32.9 Å². The molecule has 0 saturated heterocycles. The molecule has 4 rings (SSSR count). The van der Waals surface area contributed by atoms with Gasteiger partial charge in [-0.1, -0.05) is 0 Å². The van der Waals surface area contributed by atoms with Crippen molar-refractivity contribution in [2.45, 2.75) is 32.9 Å². The number of nitrogens with zero attached hydrogens (tertiary/aromatic N) is 6. The maximum atomic E-state index is 14.3. The molecule has 1 amide bonds. The number of aromatic nitrogens is 4. The Labute approximate surface area is 209 Å². The van der Waals surface area contributed by atoms with E-state index in [1.165, 1.54) is 28.6 Å². The lowest BCUT2D eigenvalue weighted by Gasteiger charge is -2.24. The first-order valence-electron chi connectivity index (χ1n) is 10.8. The average molecular weight is 515 g/mol. The molecule has 0 aliphatic rings. The van der Waals surface area contributed by atoms with Crippen LogP contribution in [-0.2, 0) is 11.3 Å². The molecule has 0 bridgehead atoms. The van der Waals surface area contributed by atoms with Crippen molar-refractivity contribution >= 4 is 33.3 Å². The van der Waals surface area contributed by atoms with Crippen molar-refractivity contribution in [3.8, 4) is 22.2 Å². The van der Waals surface area contributed by atoms with Crippen LogP contribution < -0.4 is 4.74 Å². The number of amides is 1. The Balaban J connectivity index is 1.49. The van der Waals surface area contributed by atoms with Crippen molar-refractivity contribution < 1.29 is 23.6 Å². The molecule has 0 radical (unpaired) electrons. The minimum absolute atomic E-state index is 0.127. The summed E-state index contributed by atoms with van der Waals surface area (Å²) in [5.74, 6) is -0.931. The van der Waals surface area contributed by atoms with E-state index in [-0.39, 0.29) is 17.3 Å². The van der Waals surface area contributed by atoms with E-state index in [4.69, 9.17) is 9.47 Å². The van der Waals surface area contributed by atoms with Crippen molar-refractivity contribution in [2.24, 2.45) is 0 Å². The quantitative estimate of drug-likeness (QED) is 0.241. The summed E-state index contributed by atoms with van der Waals surface area (Å²) in [6.45, 7) is 6.39. The van der Waals surface area contributed by atoms with Crippen molar-refractivity contribution in [1.82, 2.24) is 24.4 Å². The molecule has 3 heterocycles. The molecule has 0 N–H and O–H groups in total. The maximum Gasteiger partial charge on any atom is 0.410 e. The summed E-state index contributed by atoms with van der Waals surface area (Å²) >= 11 is 1.32. The van der Waals surface area contributed by atoms with Crippen LogP contribution in [0.1, 0.15) is 20.8 Å². The minimum atomic E-state index is -0.872. The van der Waals surface area contributed by atoms with Crippen LogP contribution in [0.15, 0.2) is 43.1 Å². The van der Waals surface area contributed by atoms with Gasteiger partial charge in [0.1, 0.15) is 16.6 Å². The fourth-order valence-corrected chi connectivity index (χ4v) is 4.13. The van der Waals surface area contributed by atoms with E-state index in [0.29, 0.717) is 29.0 Å². The van der Waals surface area contributed by atoms with Crippen molar-refractivity contribution in [1.29, 1.82) is 0 Å². The first kappa shape index (κ1) is 25.0. The second-order valence-electron chi connectivity index (χ2n) is 8.88. The van der Waals surface area contributed by atoms with Gasteiger partial charge in [0.05, 0.1) is 33.4 Å². The highest BCUT2D eigenvalue weighted by molar-refractivity contribution is 7.22. The number of non-ortho nitro benzene ring substituents is 1. The van der Waals surface area contributed by atoms with Gasteiger partial charge in [0, 0.05) is 32.4 Å². The molecule has 0 spiro atoms. The normalized spacial score (nSPS) is 11.5. The lowest BCUT2D eigenvalue weighted by molar-refractivity contribution is -0.385. The summed E-state index contributed by atoms with van der Waals surface area (Å²) in [5.41, 5.74) is 0.329. The predicted octanol–water partition coefficient (Wildman–Crippen LogP) is 5.26. The first-order chi connectivity index (χ1) is 17.0. The number of halogens is 1. The van der Waals surface area contributed by atoms with Gasteiger partial charge >= 0.3 is 6.09 Å². The summed E-state index contributed by atoms with van der Waals surface area (Å²) in [5, 5.41) is 10.8. The Hall–Kier alpha value is -4.13. The number of ether oxygens (including phenoxy) is 2. The molecule has 36 heavy (non-hydrogen) atoms. The highest BCUT2D eigenvalue weighted by Crippen LogP contribution is 2.38. The monoisotopic (exact) mass is 514 g/mol. The van der Waals surface area contributed by atoms with E-state index in [0.717, 1.165) is 17.0 Å². The number of likely N-dealkylation sites (N-methyl/N-ethyl adjacent to an activating group) is 1. The van der Waals surface area contributed by atoms with E-state index in [1.54, 1.807) is 13.4 Å². The molecule has 3 aromatic heterocycles. The molecular weight excluding hydrogens is 491 g/mol. The molecule has 1 aromatic carbocycles. The number of carbonyl (C=O) groups excluding carboxylic acids is 1. The van der Waals surface area contributed by atoms with E-state index < -0.39 is 22.4 Å². The molecule has 11 nitrogen and oxygen atoms in total. The molecule has 0 unspecified atom stereocenters. The van der Waals surface area contributed by atoms with Gasteiger partial charge in [-0.15, -0.1) is 11.3 Å². The van der Waals surface area contributed by atoms with Crippen molar-refractivity contribution in [2.75, 3.05) is 13.6 Å². The smallest absolute Gasteiger partial charge is 0.410 e. The van der Waals surface area contributed by atoms with Crippen LogP contribution in [0.3, 0.4) is 0 Å². The fraction of sp³-hybridized carbons (Fsp3) is 0.304. The third kappa shape index (κ3) is 5.74. The Morgan fingerprint density at radius 3 is 2.72 bits per heavy atom. The van der Waals surface area contributed by atoms with Crippen molar-refractivity contribution in [3.63, 3.8) is 0 Å². The molecule has 13 heteroatoms. The number of carbonyl (C=O) groups is 1. The van der Waals surface area contributed by atoms with Gasteiger partial charge in [0.25, 0.3) is 5.69 Å². The molecular formula is C23H23FN6O5S. The van der Waals surface area contributed by atoms with Crippen molar-refractivity contribution in [3.05, 3.63) is 59.0 Å². The lowest BCUT2D eigenvalue weighted by atomic mass is 10.2. The van der Waals surface area contributed by atoms with Crippen LogP contribution in [0.4, 0.5) is 14.9 Å². The number of nitro benzene ring substituents is 1. The fourth-order valence-electron chi connectivity index (χ4n) is 3.13. The zero-order valence-corrected chi connectivity index (χ0v) is 20.8. The number of nitro groups is 1. The van der Waals surface area contributed by atoms with Gasteiger partial charge in [-0.2, -0.15) is 0 Å². The number of rotatable bonds is 7. The van der Waals surface area contributed by atoms with Crippen LogP contribution in [0.2, 0.25) is 0 Å². The number of hydrogen-bond acceptors (Lipinski definition) is 9. The highest BCUT2D eigenvalue weighted by Gasteiger charge is 2.20. The second kappa shape index (κ2) is 9.85. The third-order valence-electron chi connectivity index (χ3n) is 4.90. The van der Waals surface area contributed by atoms with E-state index in [9.17, 15) is 19.3 Å². The molecule has 0 fully saturated rings. The van der Waals surface area contributed by atoms with Gasteiger partial charge in [-0.25, -0.2) is 24.1 Å². The van der Waals surface area contributed by atoms with E-state index in [1.807, 2.05) is 37.6 Å². The van der Waals surface area contributed by atoms with Crippen LogP contribution >= 0.6 is 11.3 Å². The zero-order chi connectivity index (χ0) is 26.0. The van der Waals surface area contributed by atoms with Gasteiger partial charge in [0.15, 0.2) is 11.6 Å². The summed E-state index contributed by atoms with van der Waals surface area (Å²) in [7, 11) is 1.67. The standard InChI is InChI=1S/C23H23FN6O5S/c1-23(2,3)35-22(31)28(4)7-8-29-11-17(27-13-29)19-10-16-20(36-19)21(26-12-25-16)34-18-6-5-14(30(32)33)9-15(18)24/h5-6,9-13H,7-8H2,1-4H3. The number of fused-ring (bicyclic) bond motifs is 1. The number of benzene rings is 1.